The van der Waals surface area contributed by atoms with Gasteiger partial charge >= 0.3 is 0 Å². The van der Waals surface area contributed by atoms with Crippen LogP contribution in [0.1, 0.15) is 34.9 Å². The van der Waals surface area contributed by atoms with Gasteiger partial charge in [-0.1, -0.05) is 35.9 Å². The van der Waals surface area contributed by atoms with Gasteiger partial charge in [0.15, 0.2) is 0 Å². The Morgan fingerprint density at radius 3 is 2.86 bits per heavy atom. The topological polar surface area (TPSA) is 44.0 Å². The maximum Gasteiger partial charge on any atom is 0.113 e. The minimum absolute atomic E-state index is 0.598. The van der Waals surface area contributed by atoms with Gasteiger partial charge < -0.3 is 5.11 Å². The average molecular weight is 383 g/mol. The van der Waals surface area contributed by atoms with Crippen LogP contribution in [0.4, 0.5) is 0 Å². The van der Waals surface area contributed by atoms with Gasteiger partial charge in [-0.05, 0) is 52.4 Å². The predicted octanol–water partition coefficient (Wildman–Crippen LogP) is 5.00. The molecule has 1 aromatic carbocycles. The molecule has 0 amide bonds. The number of fused-ring (bicyclic) bond motifs is 1. The summed E-state index contributed by atoms with van der Waals surface area (Å²) in [5, 5.41) is 20.7. The summed E-state index contributed by atoms with van der Waals surface area (Å²) in [6, 6.07) is 12.1. The molecular weight excluding hydrogens is 370 g/mol. The summed E-state index contributed by atoms with van der Waals surface area (Å²) in [6.45, 7) is 0. The molecule has 2 aromatic rings. The van der Waals surface area contributed by atoms with E-state index in [9.17, 15) is 10.4 Å². The molecule has 0 saturated carbocycles. The summed E-state index contributed by atoms with van der Waals surface area (Å²) in [4.78, 5) is 0.727. The van der Waals surface area contributed by atoms with Gasteiger partial charge in [-0.3, -0.25) is 0 Å². The highest BCUT2D eigenvalue weighted by molar-refractivity contribution is 9.10. The summed E-state index contributed by atoms with van der Waals surface area (Å²) in [5.74, 6) is 0. The van der Waals surface area contributed by atoms with E-state index < -0.39 is 11.5 Å². The van der Waals surface area contributed by atoms with E-state index in [1.165, 1.54) is 11.3 Å². The smallest absolute Gasteiger partial charge is 0.113 e. The van der Waals surface area contributed by atoms with Gasteiger partial charge in [-0.25, -0.2) is 0 Å². The Morgan fingerprint density at radius 2 is 2.19 bits per heavy atom. The van der Waals surface area contributed by atoms with Crippen molar-refractivity contribution in [2.45, 2.75) is 30.8 Å². The van der Waals surface area contributed by atoms with Gasteiger partial charge in [0.2, 0.25) is 0 Å². The number of rotatable bonds is 2. The summed E-state index contributed by atoms with van der Waals surface area (Å²) in [5.41, 5.74) is 1.22. The van der Waals surface area contributed by atoms with E-state index in [2.05, 4.69) is 22.0 Å². The van der Waals surface area contributed by atoms with Crippen LogP contribution in [0.2, 0.25) is 4.34 Å². The van der Waals surface area contributed by atoms with Gasteiger partial charge in [0.1, 0.15) is 15.9 Å². The van der Waals surface area contributed by atoms with Gasteiger partial charge in [0.25, 0.3) is 0 Å². The Balaban J connectivity index is 2.12. The molecule has 0 fully saturated rings. The van der Waals surface area contributed by atoms with Crippen LogP contribution in [-0.4, -0.2) is 5.11 Å². The third kappa shape index (κ3) is 2.43. The predicted molar refractivity (Wildman–Crippen MR) is 88.7 cm³/mol. The highest BCUT2D eigenvalue weighted by Gasteiger charge is 2.44. The fourth-order valence-electron chi connectivity index (χ4n) is 3.07. The van der Waals surface area contributed by atoms with E-state index in [4.69, 9.17) is 11.6 Å². The number of thiophene rings is 1. The molecule has 2 unspecified atom stereocenters. The average Bonchev–Trinajstić information content (AvgIpc) is 2.85. The lowest BCUT2D eigenvalue weighted by molar-refractivity contribution is 0.103. The van der Waals surface area contributed by atoms with Crippen LogP contribution in [0.3, 0.4) is 0 Å². The standard InChI is InChI=1S/C16H13BrClNOS/c17-12-8-13(21-15(12)18)14(20)16(9-19)7-3-5-10-4-1-2-6-11(10)16/h1-2,4,6,8,14,20H,3,5,7H2. The monoisotopic (exact) mass is 381 g/mol. The van der Waals surface area contributed by atoms with Crippen molar-refractivity contribution in [3.05, 3.63) is 55.1 Å². The Hall–Kier alpha value is -0.860. The zero-order valence-corrected chi connectivity index (χ0v) is 14.3. The van der Waals surface area contributed by atoms with Crippen molar-refractivity contribution >= 4 is 38.9 Å². The molecule has 1 aromatic heterocycles. The number of nitriles is 1. The van der Waals surface area contributed by atoms with E-state index >= 15 is 0 Å². The van der Waals surface area contributed by atoms with Crippen molar-refractivity contribution in [1.82, 2.24) is 0 Å². The molecule has 1 heterocycles. The lowest BCUT2D eigenvalue weighted by Crippen LogP contribution is -2.35. The van der Waals surface area contributed by atoms with Crippen LogP contribution in [0.15, 0.2) is 34.8 Å². The van der Waals surface area contributed by atoms with E-state index in [-0.39, 0.29) is 0 Å². The molecule has 1 N–H and O–H groups in total. The molecule has 0 radical (unpaired) electrons. The van der Waals surface area contributed by atoms with Crippen LogP contribution in [0.25, 0.3) is 0 Å². The number of benzene rings is 1. The molecule has 2 atom stereocenters. The molecule has 3 rings (SSSR count). The maximum atomic E-state index is 10.9. The van der Waals surface area contributed by atoms with Crippen LogP contribution in [-0.2, 0) is 11.8 Å². The second-order valence-electron chi connectivity index (χ2n) is 5.27. The van der Waals surface area contributed by atoms with Gasteiger partial charge in [0.05, 0.1) is 6.07 Å². The third-order valence-corrected chi connectivity index (χ3v) is 6.64. The largest absolute Gasteiger partial charge is 0.386 e. The quantitative estimate of drug-likeness (QED) is 0.794. The Labute approximate surface area is 141 Å². The van der Waals surface area contributed by atoms with E-state index in [0.29, 0.717) is 10.8 Å². The molecule has 2 nitrogen and oxygen atoms in total. The minimum atomic E-state index is -0.886. The summed E-state index contributed by atoms with van der Waals surface area (Å²) in [7, 11) is 0. The molecule has 0 bridgehead atoms. The van der Waals surface area contributed by atoms with Crippen molar-refractivity contribution in [2.24, 2.45) is 0 Å². The summed E-state index contributed by atoms with van der Waals surface area (Å²) < 4.78 is 1.36. The van der Waals surface area contributed by atoms with Crippen LogP contribution < -0.4 is 0 Å². The van der Waals surface area contributed by atoms with E-state index in [0.717, 1.165) is 33.3 Å². The van der Waals surface area contributed by atoms with Crippen LogP contribution in [0, 0.1) is 11.3 Å². The van der Waals surface area contributed by atoms with Gasteiger partial charge in [-0.2, -0.15) is 5.26 Å². The number of hydrogen-bond donors (Lipinski definition) is 1. The Bertz CT molecular complexity index is 704. The van der Waals surface area contributed by atoms with Crippen molar-refractivity contribution in [1.29, 1.82) is 5.26 Å². The molecule has 5 heteroatoms. The third-order valence-electron chi connectivity index (χ3n) is 4.12. The first-order valence-electron chi connectivity index (χ1n) is 6.71. The summed E-state index contributed by atoms with van der Waals surface area (Å²) in [6.07, 6.45) is 1.66. The second-order valence-corrected chi connectivity index (χ2v) is 7.81. The number of aliphatic hydroxyl groups is 1. The first-order chi connectivity index (χ1) is 10.1. The first kappa shape index (κ1) is 15.1. The fraction of sp³-hybridized carbons (Fsp3) is 0.312. The molecule has 108 valence electrons. The maximum absolute atomic E-state index is 10.9. The van der Waals surface area contributed by atoms with Crippen molar-refractivity contribution in [2.75, 3.05) is 0 Å². The SMILES string of the molecule is N#CC1(C(O)c2cc(Br)c(Cl)s2)CCCc2ccccc21. The molecule has 21 heavy (non-hydrogen) atoms. The van der Waals surface area contributed by atoms with E-state index in [1.54, 1.807) is 0 Å². The highest BCUT2D eigenvalue weighted by Crippen LogP contribution is 2.48. The van der Waals surface area contributed by atoms with Crippen LogP contribution >= 0.6 is 38.9 Å². The lowest BCUT2D eigenvalue weighted by atomic mass is 9.67. The van der Waals surface area contributed by atoms with Gasteiger partial charge in [0, 0.05) is 9.35 Å². The van der Waals surface area contributed by atoms with Crippen LogP contribution in [0.5, 0.6) is 0 Å². The normalized spacial score (nSPS) is 22.4. The molecule has 0 saturated heterocycles. The molecule has 0 spiro atoms. The Morgan fingerprint density at radius 1 is 1.43 bits per heavy atom. The second kappa shape index (κ2) is 5.73. The zero-order chi connectivity index (χ0) is 15.0. The number of halogens is 2. The minimum Gasteiger partial charge on any atom is -0.386 e. The highest BCUT2D eigenvalue weighted by atomic mass is 79.9. The van der Waals surface area contributed by atoms with Gasteiger partial charge in [-0.15, -0.1) is 11.3 Å². The number of nitrogens with zero attached hydrogens (tertiary/aromatic N) is 1. The van der Waals surface area contributed by atoms with E-state index in [1.807, 2.05) is 30.3 Å². The lowest BCUT2D eigenvalue weighted by Gasteiger charge is -2.36. The number of aliphatic hydroxyl groups excluding tert-OH is 1. The molecule has 1 aliphatic carbocycles. The number of aryl methyl sites for hydroxylation is 1. The molecular formula is C16H13BrClNOS. The van der Waals surface area contributed by atoms with Crippen molar-refractivity contribution in [3.63, 3.8) is 0 Å². The number of hydrogen-bond acceptors (Lipinski definition) is 3. The fourth-order valence-corrected chi connectivity index (χ4v) is 4.88. The van der Waals surface area contributed by atoms with Crippen molar-refractivity contribution in [3.8, 4) is 6.07 Å². The molecule has 0 aliphatic heterocycles. The molecule has 1 aliphatic rings. The summed E-state index contributed by atoms with van der Waals surface area (Å²) >= 11 is 10.8. The Kier molecular flexibility index (Phi) is 4.11. The zero-order valence-electron chi connectivity index (χ0n) is 11.1. The van der Waals surface area contributed by atoms with Crippen molar-refractivity contribution < 1.29 is 5.11 Å². The first-order valence-corrected chi connectivity index (χ1v) is 8.69.